The molecule has 0 aliphatic rings. The summed E-state index contributed by atoms with van der Waals surface area (Å²) in [6.07, 6.45) is 3.93. The summed E-state index contributed by atoms with van der Waals surface area (Å²) in [6, 6.07) is 7.30. The zero-order valence-corrected chi connectivity index (χ0v) is 20.5. The molecular formula is C26H22F2N6O3. The maximum absolute atomic E-state index is 13.9. The van der Waals surface area contributed by atoms with Crippen LogP contribution in [0.2, 0.25) is 0 Å². The van der Waals surface area contributed by atoms with Gasteiger partial charge in [0, 0.05) is 30.2 Å². The highest BCUT2D eigenvalue weighted by atomic mass is 19.1. The summed E-state index contributed by atoms with van der Waals surface area (Å²) in [5.41, 5.74) is 0.0444. The molecule has 9 nitrogen and oxygen atoms in total. The van der Waals surface area contributed by atoms with Crippen molar-refractivity contribution in [2.45, 2.75) is 39.9 Å². The molecule has 0 fully saturated rings. The summed E-state index contributed by atoms with van der Waals surface area (Å²) in [5.74, 6) is -1.57. The molecule has 0 aliphatic carbocycles. The number of rotatable bonds is 6. The molecule has 1 N–H and O–H groups in total. The first-order valence-electron chi connectivity index (χ1n) is 11.1. The SMILES string of the molecule is Cc1cnc(-c2ccnc(C(C)(C)O)n2)cc1-n1c(C)cc(OCc2ncc(F)cc2F)c(C#N)c1=O. The molecule has 11 heteroatoms. The Balaban J connectivity index is 1.76. The van der Waals surface area contributed by atoms with E-state index in [1.807, 2.05) is 6.07 Å². The summed E-state index contributed by atoms with van der Waals surface area (Å²) in [5, 5.41) is 20.0. The van der Waals surface area contributed by atoms with Crippen LogP contribution in [0.15, 0.2) is 47.7 Å². The second-order valence-corrected chi connectivity index (χ2v) is 8.83. The molecule has 0 aromatic carbocycles. The zero-order chi connectivity index (χ0) is 26.9. The largest absolute Gasteiger partial charge is 0.486 e. The van der Waals surface area contributed by atoms with Crippen LogP contribution in [0.4, 0.5) is 8.78 Å². The summed E-state index contributed by atoms with van der Waals surface area (Å²) in [7, 11) is 0. The van der Waals surface area contributed by atoms with Crippen LogP contribution in [-0.2, 0) is 12.2 Å². The van der Waals surface area contributed by atoms with Crippen LogP contribution in [0.25, 0.3) is 17.1 Å². The predicted octanol–water partition coefficient (Wildman–Crippen LogP) is 3.66. The number of aromatic nitrogens is 5. The van der Waals surface area contributed by atoms with E-state index < -0.39 is 29.4 Å². The van der Waals surface area contributed by atoms with Crippen LogP contribution >= 0.6 is 0 Å². The molecule has 0 saturated carbocycles. The van der Waals surface area contributed by atoms with Crippen molar-refractivity contribution in [3.8, 4) is 28.9 Å². The van der Waals surface area contributed by atoms with Crippen LogP contribution in [0.3, 0.4) is 0 Å². The second-order valence-electron chi connectivity index (χ2n) is 8.83. The lowest BCUT2D eigenvalue weighted by atomic mass is 10.1. The third kappa shape index (κ3) is 5.19. The highest BCUT2D eigenvalue weighted by molar-refractivity contribution is 5.60. The normalized spacial score (nSPS) is 11.3. The lowest BCUT2D eigenvalue weighted by Crippen LogP contribution is -2.25. The van der Waals surface area contributed by atoms with E-state index in [9.17, 15) is 23.9 Å². The van der Waals surface area contributed by atoms with Gasteiger partial charge in [0.2, 0.25) is 0 Å². The van der Waals surface area contributed by atoms with E-state index in [-0.39, 0.29) is 22.8 Å². The van der Waals surface area contributed by atoms with Gasteiger partial charge in [0.05, 0.1) is 23.3 Å². The van der Waals surface area contributed by atoms with Crippen LogP contribution in [-0.4, -0.2) is 29.6 Å². The van der Waals surface area contributed by atoms with Crippen LogP contribution in [0, 0.1) is 36.8 Å². The molecule has 0 bridgehead atoms. The number of nitriles is 1. The number of pyridine rings is 3. The number of aliphatic hydroxyl groups is 1. The Labute approximate surface area is 210 Å². The summed E-state index contributed by atoms with van der Waals surface area (Å²) >= 11 is 0. The first-order chi connectivity index (χ1) is 17.5. The van der Waals surface area contributed by atoms with E-state index in [0.29, 0.717) is 34.4 Å². The van der Waals surface area contributed by atoms with Crippen LogP contribution < -0.4 is 10.3 Å². The third-order valence-corrected chi connectivity index (χ3v) is 5.50. The lowest BCUT2D eigenvalue weighted by molar-refractivity contribution is 0.0688. The molecule has 4 aromatic rings. The average Bonchev–Trinajstić information content (AvgIpc) is 2.84. The van der Waals surface area contributed by atoms with E-state index >= 15 is 0 Å². The molecule has 0 spiro atoms. The second kappa shape index (κ2) is 9.83. The van der Waals surface area contributed by atoms with Crippen LogP contribution in [0.1, 0.15) is 42.2 Å². The molecule has 37 heavy (non-hydrogen) atoms. The van der Waals surface area contributed by atoms with Gasteiger partial charge in [0.25, 0.3) is 5.56 Å². The fourth-order valence-corrected chi connectivity index (χ4v) is 3.61. The van der Waals surface area contributed by atoms with Gasteiger partial charge in [-0.2, -0.15) is 5.26 Å². The molecule has 0 unspecified atom stereocenters. The third-order valence-electron chi connectivity index (χ3n) is 5.50. The minimum atomic E-state index is -1.26. The fraction of sp³-hybridized carbons (Fsp3) is 0.231. The van der Waals surface area contributed by atoms with Crippen molar-refractivity contribution >= 4 is 0 Å². The Morgan fingerprint density at radius 3 is 2.54 bits per heavy atom. The first kappa shape index (κ1) is 25.5. The predicted molar refractivity (Wildman–Crippen MR) is 129 cm³/mol. The molecule has 0 saturated heterocycles. The van der Waals surface area contributed by atoms with Crippen molar-refractivity contribution in [3.05, 3.63) is 93.2 Å². The number of hydrogen-bond donors (Lipinski definition) is 1. The number of nitrogens with zero attached hydrogens (tertiary/aromatic N) is 6. The first-order valence-corrected chi connectivity index (χ1v) is 11.1. The fourth-order valence-electron chi connectivity index (χ4n) is 3.61. The number of aryl methyl sites for hydroxylation is 2. The minimum Gasteiger partial charge on any atom is -0.486 e. The maximum atomic E-state index is 13.9. The molecular weight excluding hydrogens is 482 g/mol. The standard InChI is InChI=1S/C26H22F2N6O3/c1-14-11-31-20(19-5-6-30-25(33-19)26(3,4)36)9-22(14)34-15(2)7-23(17(10-29)24(34)35)37-13-21-18(28)8-16(27)12-32-21/h5-9,11-12,36H,13H2,1-4H3. The van der Waals surface area contributed by atoms with Crippen molar-refractivity contribution < 1.29 is 18.6 Å². The zero-order valence-electron chi connectivity index (χ0n) is 20.5. The average molecular weight is 504 g/mol. The van der Waals surface area contributed by atoms with E-state index in [1.54, 1.807) is 46.0 Å². The topological polar surface area (TPSA) is 127 Å². The molecule has 4 rings (SSSR count). The molecule has 188 valence electrons. The number of halogens is 2. The monoisotopic (exact) mass is 504 g/mol. The Hall–Kier alpha value is -4.56. The van der Waals surface area contributed by atoms with Gasteiger partial charge < -0.3 is 9.84 Å². The number of ether oxygens (including phenoxy) is 1. The van der Waals surface area contributed by atoms with Gasteiger partial charge in [-0.05, 0) is 45.4 Å². The Kier molecular flexibility index (Phi) is 6.78. The summed E-state index contributed by atoms with van der Waals surface area (Å²) in [4.78, 5) is 30.0. The van der Waals surface area contributed by atoms with Crippen molar-refractivity contribution in [1.29, 1.82) is 5.26 Å². The van der Waals surface area contributed by atoms with Gasteiger partial charge >= 0.3 is 0 Å². The van der Waals surface area contributed by atoms with E-state index in [2.05, 4.69) is 19.9 Å². The quantitative estimate of drug-likeness (QED) is 0.422. The molecule has 4 aromatic heterocycles. The van der Waals surface area contributed by atoms with Crippen molar-refractivity contribution in [2.24, 2.45) is 0 Å². The number of hydrogen-bond acceptors (Lipinski definition) is 8. The Morgan fingerprint density at radius 1 is 1.11 bits per heavy atom. The lowest BCUT2D eigenvalue weighted by Gasteiger charge is -2.17. The van der Waals surface area contributed by atoms with E-state index in [0.717, 1.165) is 6.20 Å². The molecule has 0 atom stereocenters. The minimum absolute atomic E-state index is 0.0515. The highest BCUT2D eigenvalue weighted by Crippen LogP contribution is 2.25. The van der Waals surface area contributed by atoms with E-state index in [1.165, 1.54) is 16.8 Å². The molecule has 4 heterocycles. The van der Waals surface area contributed by atoms with Crippen LogP contribution in [0.5, 0.6) is 5.75 Å². The van der Waals surface area contributed by atoms with Crippen molar-refractivity contribution in [2.75, 3.05) is 0 Å². The Morgan fingerprint density at radius 2 is 1.86 bits per heavy atom. The molecule has 0 radical (unpaired) electrons. The molecule has 0 amide bonds. The van der Waals surface area contributed by atoms with Gasteiger partial charge in [-0.15, -0.1) is 0 Å². The van der Waals surface area contributed by atoms with Gasteiger partial charge in [0.1, 0.15) is 35.5 Å². The summed E-state index contributed by atoms with van der Waals surface area (Å²) < 4.78 is 34.0. The molecule has 0 aliphatic heterocycles. The van der Waals surface area contributed by atoms with Gasteiger partial charge in [-0.25, -0.2) is 18.7 Å². The Bertz CT molecular complexity index is 1610. The van der Waals surface area contributed by atoms with Crippen molar-refractivity contribution in [1.82, 2.24) is 24.5 Å². The smallest absolute Gasteiger partial charge is 0.277 e. The van der Waals surface area contributed by atoms with Gasteiger partial charge in [-0.3, -0.25) is 19.3 Å². The van der Waals surface area contributed by atoms with E-state index in [4.69, 9.17) is 4.74 Å². The van der Waals surface area contributed by atoms with Gasteiger partial charge in [0.15, 0.2) is 17.2 Å². The van der Waals surface area contributed by atoms with Gasteiger partial charge in [-0.1, -0.05) is 0 Å². The summed E-state index contributed by atoms with van der Waals surface area (Å²) in [6.45, 7) is 6.15. The van der Waals surface area contributed by atoms with Crippen molar-refractivity contribution in [3.63, 3.8) is 0 Å². The highest BCUT2D eigenvalue weighted by Gasteiger charge is 2.22. The maximum Gasteiger partial charge on any atom is 0.277 e.